The van der Waals surface area contributed by atoms with Gasteiger partial charge in [-0.25, -0.2) is 4.79 Å². The third-order valence-electron chi connectivity index (χ3n) is 3.53. The number of ether oxygens (including phenoxy) is 1. The van der Waals surface area contributed by atoms with Crippen molar-refractivity contribution in [3.63, 3.8) is 0 Å². The number of aromatic hydroxyl groups is 2. The SMILES string of the molecule is CC(=O)Nc1ccc(O)c(C=NCCN=Cc2cc(OCC(=O)O)ccc2O)c1.[Co]. The second-order valence-corrected chi connectivity index (χ2v) is 5.93. The Morgan fingerprint density at radius 2 is 1.57 bits per heavy atom. The zero-order chi connectivity index (χ0) is 21.2. The van der Waals surface area contributed by atoms with Crippen LogP contribution in [-0.4, -0.2) is 59.3 Å². The van der Waals surface area contributed by atoms with Gasteiger partial charge in [-0.2, -0.15) is 0 Å². The predicted octanol–water partition coefficient (Wildman–Crippen LogP) is 2.06. The number of hydrogen-bond donors (Lipinski definition) is 4. The van der Waals surface area contributed by atoms with Gasteiger partial charge >= 0.3 is 5.97 Å². The van der Waals surface area contributed by atoms with Crippen molar-refractivity contribution in [3.8, 4) is 17.2 Å². The van der Waals surface area contributed by atoms with Crippen LogP contribution in [0.15, 0.2) is 46.4 Å². The minimum Gasteiger partial charge on any atom is -0.507 e. The summed E-state index contributed by atoms with van der Waals surface area (Å²) in [7, 11) is 0. The number of aliphatic carboxylic acids is 1. The Morgan fingerprint density at radius 3 is 2.13 bits per heavy atom. The van der Waals surface area contributed by atoms with E-state index in [0.29, 0.717) is 35.7 Å². The van der Waals surface area contributed by atoms with Crippen LogP contribution < -0.4 is 10.1 Å². The van der Waals surface area contributed by atoms with Gasteiger partial charge < -0.3 is 25.4 Å². The standard InChI is InChI=1S/C20H21N3O6.Co/c1-13(24)23-16-2-4-18(25)14(8-16)10-21-6-7-22-11-15-9-17(3-5-19(15)26)29-12-20(27)28;/h2-5,8-11,25-26H,6-7,12H2,1H3,(H,23,24)(H,27,28);. The van der Waals surface area contributed by atoms with E-state index in [2.05, 4.69) is 15.3 Å². The van der Waals surface area contributed by atoms with Crippen molar-refractivity contribution in [2.75, 3.05) is 25.0 Å². The molecule has 0 heterocycles. The van der Waals surface area contributed by atoms with Crippen molar-refractivity contribution in [1.82, 2.24) is 0 Å². The molecule has 0 atom stereocenters. The average Bonchev–Trinajstić information content (AvgIpc) is 2.66. The van der Waals surface area contributed by atoms with Gasteiger partial charge in [0.05, 0.1) is 13.1 Å². The number of anilines is 1. The summed E-state index contributed by atoms with van der Waals surface area (Å²) in [6.07, 6.45) is 2.92. The number of nitrogens with zero attached hydrogens (tertiary/aromatic N) is 2. The molecular weight excluding hydrogens is 437 g/mol. The molecular formula is C20H21CoN3O6. The summed E-state index contributed by atoms with van der Waals surface area (Å²) >= 11 is 0. The molecule has 2 rings (SSSR count). The Bertz CT molecular complexity index is 946. The largest absolute Gasteiger partial charge is 0.507 e. The van der Waals surface area contributed by atoms with Crippen LogP contribution in [0.3, 0.4) is 0 Å². The third kappa shape index (κ3) is 8.33. The Balaban J connectivity index is 0.00000450. The van der Waals surface area contributed by atoms with E-state index in [9.17, 15) is 19.8 Å². The molecule has 0 aliphatic heterocycles. The van der Waals surface area contributed by atoms with Crippen LogP contribution in [0.4, 0.5) is 5.69 Å². The van der Waals surface area contributed by atoms with Gasteiger partial charge in [0.25, 0.3) is 0 Å². The molecule has 0 saturated carbocycles. The number of phenolic OH excluding ortho intramolecular Hbond substituents is 2. The molecule has 161 valence electrons. The fourth-order valence-corrected chi connectivity index (χ4v) is 2.25. The van der Waals surface area contributed by atoms with E-state index in [1.165, 1.54) is 43.6 Å². The average molecular weight is 458 g/mol. The number of amides is 1. The van der Waals surface area contributed by atoms with Crippen LogP contribution in [0.1, 0.15) is 18.1 Å². The number of carbonyl (C=O) groups excluding carboxylic acids is 1. The molecule has 0 aliphatic rings. The minimum atomic E-state index is -1.10. The summed E-state index contributed by atoms with van der Waals surface area (Å²) in [5.74, 6) is -0.985. The molecule has 1 amide bonds. The summed E-state index contributed by atoms with van der Waals surface area (Å²) < 4.78 is 5.06. The summed E-state index contributed by atoms with van der Waals surface area (Å²) in [5, 5.41) is 30.9. The van der Waals surface area contributed by atoms with Gasteiger partial charge in [0, 0.05) is 52.9 Å². The van der Waals surface area contributed by atoms with Crippen LogP contribution in [0, 0.1) is 0 Å². The van der Waals surface area contributed by atoms with Crippen molar-refractivity contribution >= 4 is 30.0 Å². The van der Waals surface area contributed by atoms with E-state index in [0.717, 1.165) is 0 Å². The molecule has 0 spiro atoms. The van der Waals surface area contributed by atoms with Crippen LogP contribution >= 0.6 is 0 Å². The zero-order valence-electron chi connectivity index (χ0n) is 16.0. The van der Waals surface area contributed by atoms with E-state index in [4.69, 9.17) is 9.84 Å². The van der Waals surface area contributed by atoms with E-state index < -0.39 is 12.6 Å². The third-order valence-corrected chi connectivity index (χ3v) is 3.53. The first-order chi connectivity index (χ1) is 13.8. The van der Waals surface area contributed by atoms with Crippen molar-refractivity contribution in [2.24, 2.45) is 9.98 Å². The smallest absolute Gasteiger partial charge is 0.341 e. The van der Waals surface area contributed by atoms with Gasteiger partial charge in [-0.1, -0.05) is 0 Å². The van der Waals surface area contributed by atoms with Crippen molar-refractivity contribution < 1.29 is 46.4 Å². The molecule has 0 aliphatic carbocycles. The molecule has 1 radical (unpaired) electrons. The number of aliphatic imine (C=N–C) groups is 2. The Labute approximate surface area is 183 Å². The Kier molecular flexibility index (Phi) is 10.1. The number of rotatable bonds is 9. The maximum Gasteiger partial charge on any atom is 0.341 e. The first kappa shape index (κ1) is 24.7. The quantitative estimate of drug-likeness (QED) is 0.258. The number of nitrogens with one attached hydrogen (secondary N) is 1. The van der Waals surface area contributed by atoms with Crippen LogP contribution in [0.2, 0.25) is 0 Å². The normalized spacial score (nSPS) is 10.7. The summed E-state index contributed by atoms with van der Waals surface area (Å²) in [4.78, 5) is 30.0. The number of phenols is 2. The maximum atomic E-state index is 11.1. The van der Waals surface area contributed by atoms with Gasteiger partial charge in [0.2, 0.25) is 5.91 Å². The molecule has 4 N–H and O–H groups in total. The fourth-order valence-electron chi connectivity index (χ4n) is 2.25. The maximum absolute atomic E-state index is 11.1. The zero-order valence-corrected chi connectivity index (χ0v) is 17.1. The first-order valence-electron chi connectivity index (χ1n) is 8.63. The Hall–Kier alpha value is -3.37. The molecule has 2 aromatic carbocycles. The molecule has 9 nitrogen and oxygen atoms in total. The summed E-state index contributed by atoms with van der Waals surface area (Å²) in [5.41, 5.74) is 1.40. The van der Waals surface area contributed by atoms with Gasteiger partial charge in [-0.05, 0) is 36.4 Å². The van der Waals surface area contributed by atoms with Crippen molar-refractivity contribution in [3.05, 3.63) is 47.5 Å². The molecule has 0 unspecified atom stereocenters. The summed E-state index contributed by atoms with van der Waals surface area (Å²) in [6, 6.07) is 8.98. The van der Waals surface area contributed by atoms with Crippen LogP contribution in [-0.2, 0) is 26.4 Å². The topological polar surface area (TPSA) is 141 Å². The number of carbonyl (C=O) groups is 2. The van der Waals surface area contributed by atoms with Gasteiger partial charge in [-0.15, -0.1) is 0 Å². The second kappa shape index (κ2) is 12.2. The van der Waals surface area contributed by atoms with Crippen molar-refractivity contribution in [1.29, 1.82) is 0 Å². The summed E-state index contributed by atoms with van der Waals surface area (Å²) in [6.45, 7) is 1.56. The van der Waals surface area contributed by atoms with E-state index in [1.807, 2.05) is 0 Å². The van der Waals surface area contributed by atoms with E-state index in [1.54, 1.807) is 12.1 Å². The molecule has 10 heteroatoms. The number of carboxylic acids is 1. The van der Waals surface area contributed by atoms with Crippen LogP contribution in [0.25, 0.3) is 0 Å². The monoisotopic (exact) mass is 458 g/mol. The fraction of sp³-hybridized carbons (Fsp3) is 0.200. The number of hydrogen-bond acceptors (Lipinski definition) is 7. The van der Waals surface area contributed by atoms with Crippen LogP contribution in [0.5, 0.6) is 17.2 Å². The molecule has 0 fully saturated rings. The van der Waals surface area contributed by atoms with Crippen molar-refractivity contribution in [2.45, 2.75) is 6.92 Å². The van der Waals surface area contributed by atoms with E-state index >= 15 is 0 Å². The van der Waals surface area contributed by atoms with E-state index in [-0.39, 0.29) is 34.2 Å². The number of benzene rings is 2. The molecule has 30 heavy (non-hydrogen) atoms. The molecule has 0 saturated heterocycles. The molecule has 2 aromatic rings. The van der Waals surface area contributed by atoms with Gasteiger partial charge in [0.15, 0.2) is 6.61 Å². The minimum absolute atomic E-state index is 0. The number of carboxylic acid groups (broad SMARTS) is 1. The molecule has 0 bridgehead atoms. The van der Waals surface area contributed by atoms with Gasteiger partial charge in [-0.3, -0.25) is 14.8 Å². The first-order valence-corrected chi connectivity index (χ1v) is 8.63. The predicted molar refractivity (Wildman–Crippen MR) is 109 cm³/mol. The molecule has 0 aromatic heterocycles. The van der Waals surface area contributed by atoms with Gasteiger partial charge in [0.1, 0.15) is 17.2 Å². The second-order valence-electron chi connectivity index (χ2n) is 5.93. The Morgan fingerprint density at radius 1 is 1.00 bits per heavy atom.